The van der Waals surface area contributed by atoms with E-state index in [2.05, 4.69) is 20.6 Å². The summed E-state index contributed by atoms with van der Waals surface area (Å²) in [7, 11) is 0. The number of carbonyl (C=O) groups excluding carboxylic acids is 1. The van der Waals surface area contributed by atoms with Gasteiger partial charge in [0.1, 0.15) is 5.69 Å². The number of carboxylic acid groups (broad SMARTS) is 1. The number of carboxylic acids is 1. The molecule has 90 valence electrons. The van der Waals surface area contributed by atoms with Gasteiger partial charge in [-0.25, -0.2) is 4.79 Å². The number of hydrogen-bond donors (Lipinski definition) is 3. The number of nitrogens with one attached hydrogen (secondary N) is 2. The molecule has 0 aliphatic carbocycles. The Labute approximate surface area is 96.0 Å². The van der Waals surface area contributed by atoms with E-state index in [1.165, 1.54) is 0 Å². The van der Waals surface area contributed by atoms with Crippen molar-refractivity contribution in [2.24, 2.45) is 0 Å². The first-order valence-electron chi connectivity index (χ1n) is 4.93. The van der Waals surface area contributed by atoms with Gasteiger partial charge < -0.3 is 20.5 Å². The van der Waals surface area contributed by atoms with Gasteiger partial charge in [-0.15, -0.1) is 0 Å². The lowest BCUT2D eigenvalue weighted by Gasteiger charge is -2.19. The number of aromatic carboxylic acids is 1. The molecule has 8 nitrogen and oxygen atoms in total. The number of carbonyl (C=O) groups is 2. The summed E-state index contributed by atoms with van der Waals surface area (Å²) < 4.78 is 5.05. The van der Waals surface area contributed by atoms with Crippen LogP contribution in [0.5, 0.6) is 6.01 Å². The summed E-state index contributed by atoms with van der Waals surface area (Å²) in [6.45, 7) is 2.09. The van der Waals surface area contributed by atoms with E-state index in [0.717, 1.165) is 0 Å². The first kappa shape index (κ1) is 11.1. The number of aromatic nitrogens is 2. The van der Waals surface area contributed by atoms with E-state index in [-0.39, 0.29) is 35.7 Å². The van der Waals surface area contributed by atoms with Gasteiger partial charge in [-0.3, -0.25) is 4.79 Å². The molecule has 2 rings (SSSR count). The van der Waals surface area contributed by atoms with Crippen LogP contribution in [0.4, 0.5) is 11.5 Å². The fourth-order valence-electron chi connectivity index (χ4n) is 1.38. The molecule has 1 aromatic heterocycles. The molecule has 17 heavy (non-hydrogen) atoms. The highest BCUT2D eigenvalue weighted by Gasteiger charge is 2.25. The van der Waals surface area contributed by atoms with Crippen LogP contribution in [0.1, 0.15) is 17.4 Å². The molecule has 1 aromatic rings. The number of hydrogen-bond acceptors (Lipinski definition) is 6. The Morgan fingerprint density at radius 2 is 2.29 bits per heavy atom. The summed E-state index contributed by atoms with van der Waals surface area (Å²) in [5, 5.41) is 14.1. The zero-order chi connectivity index (χ0) is 12.4. The maximum absolute atomic E-state index is 11.2. The third kappa shape index (κ3) is 2.10. The number of nitrogens with zero attached hydrogens (tertiary/aromatic N) is 2. The van der Waals surface area contributed by atoms with Crippen molar-refractivity contribution in [2.75, 3.05) is 23.8 Å². The summed E-state index contributed by atoms with van der Waals surface area (Å²) >= 11 is 0. The molecular weight excluding hydrogens is 228 g/mol. The van der Waals surface area contributed by atoms with Crippen LogP contribution in [0.25, 0.3) is 0 Å². The van der Waals surface area contributed by atoms with Gasteiger partial charge in [0.05, 0.1) is 13.2 Å². The standard InChI is InChI=1S/C9H10N4O4/c1-2-17-9-12-6(8(15)16)5-7(13-9)10-3-4(14)11-5/h2-3H2,1H3,(H,11,14)(H,15,16)(H,10,12,13). The molecule has 2 heterocycles. The van der Waals surface area contributed by atoms with Crippen molar-refractivity contribution >= 4 is 23.4 Å². The molecule has 8 heteroatoms. The highest BCUT2D eigenvalue weighted by molar-refractivity contribution is 6.06. The molecule has 1 aliphatic heterocycles. The zero-order valence-corrected chi connectivity index (χ0v) is 8.98. The molecule has 1 aliphatic rings. The molecular formula is C9H10N4O4. The Morgan fingerprint density at radius 1 is 1.53 bits per heavy atom. The molecule has 0 atom stereocenters. The molecule has 1 amide bonds. The Bertz CT molecular complexity index is 488. The van der Waals surface area contributed by atoms with Crippen LogP contribution in [-0.2, 0) is 4.79 Å². The van der Waals surface area contributed by atoms with E-state index in [1.807, 2.05) is 0 Å². The van der Waals surface area contributed by atoms with Gasteiger partial charge in [0.25, 0.3) is 0 Å². The van der Waals surface area contributed by atoms with Crippen LogP contribution in [0.2, 0.25) is 0 Å². The average Bonchev–Trinajstić information content (AvgIpc) is 2.28. The van der Waals surface area contributed by atoms with Crippen LogP contribution < -0.4 is 15.4 Å². The molecule has 0 bridgehead atoms. The second-order valence-electron chi connectivity index (χ2n) is 3.22. The van der Waals surface area contributed by atoms with E-state index in [1.54, 1.807) is 6.92 Å². The summed E-state index contributed by atoms with van der Waals surface area (Å²) in [4.78, 5) is 29.8. The molecule has 0 spiro atoms. The number of fused-ring (bicyclic) bond motifs is 1. The SMILES string of the molecule is CCOc1nc2c(c(C(=O)O)n1)NC(=O)CN2. The minimum atomic E-state index is -1.26. The maximum Gasteiger partial charge on any atom is 0.357 e. The van der Waals surface area contributed by atoms with Crippen molar-refractivity contribution in [3.8, 4) is 6.01 Å². The average molecular weight is 238 g/mol. The van der Waals surface area contributed by atoms with Crippen molar-refractivity contribution in [3.63, 3.8) is 0 Å². The summed E-state index contributed by atoms with van der Waals surface area (Å²) in [6, 6.07) is -0.0349. The minimum absolute atomic E-state index is 0.0349. The molecule has 0 saturated carbocycles. The molecule has 0 fully saturated rings. The van der Waals surface area contributed by atoms with Crippen molar-refractivity contribution in [2.45, 2.75) is 6.92 Å². The molecule has 3 N–H and O–H groups in total. The van der Waals surface area contributed by atoms with Crippen LogP contribution >= 0.6 is 0 Å². The predicted octanol–water partition coefficient (Wildman–Crippen LogP) is -0.0625. The second-order valence-corrected chi connectivity index (χ2v) is 3.22. The van der Waals surface area contributed by atoms with Gasteiger partial charge in [-0.05, 0) is 6.92 Å². The topological polar surface area (TPSA) is 113 Å². The normalized spacial score (nSPS) is 13.4. The highest BCUT2D eigenvalue weighted by atomic mass is 16.5. The summed E-state index contributed by atoms with van der Waals surface area (Å²) in [6.07, 6.45) is 0. The quantitative estimate of drug-likeness (QED) is 0.675. The molecule has 0 aromatic carbocycles. The van der Waals surface area contributed by atoms with Gasteiger partial charge in [0.2, 0.25) is 5.91 Å². The number of anilines is 2. The second kappa shape index (κ2) is 4.24. The Hall–Kier alpha value is -2.38. The van der Waals surface area contributed by atoms with Crippen molar-refractivity contribution < 1.29 is 19.4 Å². The fourth-order valence-corrected chi connectivity index (χ4v) is 1.38. The molecule has 0 saturated heterocycles. The zero-order valence-electron chi connectivity index (χ0n) is 8.98. The minimum Gasteiger partial charge on any atom is -0.476 e. The van der Waals surface area contributed by atoms with E-state index in [4.69, 9.17) is 9.84 Å². The maximum atomic E-state index is 11.2. The first-order valence-corrected chi connectivity index (χ1v) is 4.93. The summed E-state index contributed by atoms with van der Waals surface area (Å²) in [5.74, 6) is -1.35. The van der Waals surface area contributed by atoms with Gasteiger partial charge >= 0.3 is 12.0 Å². The molecule has 0 unspecified atom stereocenters. The van der Waals surface area contributed by atoms with E-state index < -0.39 is 5.97 Å². The molecule has 0 radical (unpaired) electrons. The lowest BCUT2D eigenvalue weighted by Crippen LogP contribution is -2.30. The van der Waals surface area contributed by atoms with Crippen molar-refractivity contribution in [1.82, 2.24) is 9.97 Å². The van der Waals surface area contributed by atoms with Gasteiger partial charge in [-0.1, -0.05) is 0 Å². The van der Waals surface area contributed by atoms with Crippen molar-refractivity contribution in [1.29, 1.82) is 0 Å². The van der Waals surface area contributed by atoms with Gasteiger partial charge in [-0.2, -0.15) is 9.97 Å². The van der Waals surface area contributed by atoms with E-state index in [9.17, 15) is 9.59 Å². The highest BCUT2D eigenvalue weighted by Crippen LogP contribution is 2.27. The lowest BCUT2D eigenvalue weighted by atomic mass is 10.2. The first-order chi connectivity index (χ1) is 8.11. The summed E-state index contributed by atoms with van der Waals surface area (Å²) in [5.41, 5.74) is -0.226. The Morgan fingerprint density at radius 3 is 2.94 bits per heavy atom. The number of amides is 1. The predicted molar refractivity (Wildman–Crippen MR) is 57.3 cm³/mol. The van der Waals surface area contributed by atoms with E-state index in [0.29, 0.717) is 6.61 Å². The van der Waals surface area contributed by atoms with E-state index >= 15 is 0 Å². The lowest BCUT2D eigenvalue weighted by molar-refractivity contribution is -0.114. The van der Waals surface area contributed by atoms with Crippen LogP contribution in [0, 0.1) is 0 Å². The smallest absolute Gasteiger partial charge is 0.357 e. The van der Waals surface area contributed by atoms with Crippen LogP contribution in [-0.4, -0.2) is 40.1 Å². The van der Waals surface area contributed by atoms with Gasteiger partial charge in [0.15, 0.2) is 11.5 Å². The van der Waals surface area contributed by atoms with Crippen LogP contribution in [0.3, 0.4) is 0 Å². The van der Waals surface area contributed by atoms with Gasteiger partial charge in [0, 0.05) is 0 Å². The Kier molecular flexibility index (Phi) is 2.77. The number of rotatable bonds is 3. The monoisotopic (exact) mass is 238 g/mol. The largest absolute Gasteiger partial charge is 0.476 e. The third-order valence-electron chi connectivity index (χ3n) is 2.05. The third-order valence-corrected chi connectivity index (χ3v) is 2.05. The Balaban J connectivity index is 2.51. The van der Waals surface area contributed by atoms with Crippen molar-refractivity contribution in [3.05, 3.63) is 5.69 Å². The fraction of sp³-hybridized carbons (Fsp3) is 0.333. The van der Waals surface area contributed by atoms with Crippen LogP contribution in [0.15, 0.2) is 0 Å². The number of ether oxygens (including phenoxy) is 1.